The minimum absolute atomic E-state index is 0.0144. The zero-order valence-electron chi connectivity index (χ0n) is 23.3. The molecule has 1 fully saturated rings. The number of nitrogens with one attached hydrogen (secondary N) is 3. The number of rotatable bonds is 7. The van der Waals surface area contributed by atoms with Gasteiger partial charge >= 0.3 is 6.09 Å². The van der Waals surface area contributed by atoms with Gasteiger partial charge in [0.05, 0.1) is 35.6 Å². The highest BCUT2D eigenvalue weighted by atomic mass is 19.1. The highest BCUT2D eigenvalue weighted by Gasteiger charge is 2.24. The lowest BCUT2D eigenvalue weighted by atomic mass is 10.1. The van der Waals surface area contributed by atoms with Crippen molar-refractivity contribution in [2.75, 3.05) is 43.5 Å². The molecule has 0 unspecified atom stereocenters. The fraction of sp³-hybridized carbons (Fsp3) is 0.310. The number of carbonyl (C=O) groups excluding carboxylic acids is 2. The Morgan fingerprint density at radius 1 is 1.02 bits per heavy atom. The van der Waals surface area contributed by atoms with Gasteiger partial charge in [-0.25, -0.2) is 18.0 Å². The molecule has 1 aliphatic rings. The molecule has 3 heterocycles. The number of piperazine rings is 1. The summed E-state index contributed by atoms with van der Waals surface area (Å²) in [5, 5.41) is 12.8. The fourth-order valence-electron chi connectivity index (χ4n) is 4.78. The molecule has 10 nitrogen and oxygen atoms in total. The number of hydrogen-bond donors (Lipinski definition) is 3. The zero-order valence-corrected chi connectivity index (χ0v) is 23.3. The van der Waals surface area contributed by atoms with Gasteiger partial charge in [0.1, 0.15) is 17.5 Å². The van der Waals surface area contributed by atoms with E-state index in [1.807, 2.05) is 18.7 Å². The van der Waals surface area contributed by atoms with Gasteiger partial charge in [0.15, 0.2) is 5.82 Å². The minimum Gasteiger partial charge on any atom is -0.453 e. The topological polar surface area (TPSA) is 115 Å². The Kier molecular flexibility index (Phi) is 8.29. The Morgan fingerprint density at radius 2 is 1.74 bits per heavy atom. The van der Waals surface area contributed by atoms with Gasteiger partial charge in [-0.15, -0.1) is 0 Å². The molecule has 5 rings (SSSR count). The molecule has 0 radical (unpaired) electrons. The molecule has 2 aromatic carbocycles. The molecule has 42 heavy (non-hydrogen) atoms. The van der Waals surface area contributed by atoms with Gasteiger partial charge in [-0.1, -0.05) is 13.8 Å². The highest BCUT2D eigenvalue weighted by Crippen LogP contribution is 2.30. The first-order valence-electron chi connectivity index (χ1n) is 13.4. The van der Waals surface area contributed by atoms with Crippen LogP contribution in [0.4, 0.5) is 29.5 Å². The molecule has 0 spiro atoms. The number of carbonyl (C=O) groups is 2. The second-order valence-electron chi connectivity index (χ2n) is 10.2. The average molecular weight is 582 g/mol. The first-order valence-corrected chi connectivity index (χ1v) is 13.4. The maximum atomic E-state index is 15.1. The molecular weight excluding hydrogens is 551 g/mol. The quantitative estimate of drug-likeness (QED) is 0.290. The van der Waals surface area contributed by atoms with Gasteiger partial charge in [-0.3, -0.25) is 14.9 Å². The van der Waals surface area contributed by atoms with E-state index in [0.29, 0.717) is 54.9 Å². The van der Waals surface area contributed by atoms with Crippen molar-refractivity contribution in [3.63, 3.8) is 0 Å². The summed E-state index contributed by atoms with van der Waals surface area (Å²) in [6.07, 6.45) is 0.944. The molecule has 220 valence electrons. The largest absolute Gasteiger partial charge is 0.453 e. The maximum Gasteiger partial charge on any atom is 0.409 e. The molecule has 1 saturated heterocycles. The summed E-state index contributed by atoms with van der Waals surface area (Å²) in [5.74, 6) is -2.98. The molecule has 3 N–H and O–H groups in total. The van der Waals surface area contributed by atoms with E-state index < -0.39 is 29.5 Å². The highest BCUT2D eigenvalue weighted by molar-refractivity contribution is 6.08. The van der Waals surface area contributed by atoms with Crippen LogP contribution in [0, 0.1) is 17.5 Å². The summed E-state index contributed by atoms with van der Waals surface area (Å²) in [5.41, 5.74) is 0.939. The molecule has 0 saturated carbocycles. The number of fused-ring (bicyclic) bond motifs is 1. The number of ether oxygens (including phenoxy) is 1. The van der Waals surface area contributed by atoms with Crippen LogP contribution in [0.25, 0.3) is 22.2 Å². The third-order valence-electron chi connectivity index (χ3n) is 7.03. The smallest absolute Gasteiger partial charge is 0.409 e. The summed E-state index contributed by atoms with van der Waals surface area (Å²) in [6.45, 7) is 5.98. The Morgan fingerprint density at radius 3 is 2.38 bits per heavy atom. The van der Waals surface area contributed by atoms with Crippen LogP contribution in [0.5, 0.6) is 0 Å². The van der Waals surface area contributed by atoms with E-state index in [-0.39, 0.29) is 28.7 Å². The van der Waals surface area contributed by atoms with Gasteiger partial charge in [0, 0.05) is 49.8 Å². The summed E-state index contributed by atoms with van der Waals surface area (Å²) >= 11 is 0. The third-order valence-corrected chi connectivity index (χ3v) is 7.03. The van der Waals surface area contributed by atoms with E-state index in [9.17, 15) is 18.4 Å². The van der Waals surface area contributed by atoms with Gasteiger partial charge in [0.25, 0.3) is 5.91 Å². The van der Waals surface area contributed by atoms with Gasteiger partial charge in [0.2, 0.25) is 0 Å². The van der Waals surface area contributed by atoms with E-state index in [0.717, 1.165) is 0 Å². The molecule has 2 amide bonds. The monoisotopic (exact) mass is 581 g/mol. The number of H-pyrrole nitrogens is 1. The van der Waals surface area contributed by atoms with Crippen molar-refractivity contribution >= 4 is 34.4 Å². The second-order valence-corrected chi connectivity index (χ2v) is 10.2. The molecule has 0 aliphatic carbocycles. The van der Waals surface area contributed by atoms with Crippen molar-refractivity contribution in [1.82, 2.24) is 25.4 Å². The molecule has 1 aliphatic heterocycles. The summed E-state index contributed by atoms with van der Waals surface area (Å²) < 4.78 is 49.8. The number of nitrogens with zero attached hydrogens (tertiary/aromatic N) is 4. The minimum atomic E-state index is -0.773. The predicted octanol–water partition coefficient (Wildman–Crippen LogP) is 4.68. The van der Waals surface area contributed by atoms with Crippen LogP contribution in [-0.2, 0) is 11.3 Å². The maximum absolute atomic E-state index is 15.1. The van der Waals surface area contributed by atoms with Crippen molar-refractivity contribution in [2.24, 2.45) is 0 Å². The summed E-state index contributed by atoms with van der Waals surface area (Å²) in [7, 11) is 1.32. The fourth-order valence-corrected chi connectivity index (χ4v) is 4.78. The van der Waals surface area contributed by atoms with Crippen molar-refractivity contribution in [2.45, 2.75) is 26.4 Å². The summed E-state index contributed by atoms with van der Waals surface area (Å²) in [6, 6.07) is 8.33. The van der Waals surface area contributed by atoms with Crippen LogP contribution in [0.3, 0.4) is 0 Å². The van der Waals surface area contributed by atoms with Crippen LogP contribution >= 0.6 is 0 Å². The van der Waals surface area contributed by atoms with Crippen LogP contribution in [-0.4, -0.2) is 71.4 Å². The van der Waals surface area contributed by atoms with E-state index in [2.05, 4.69) is 25.8 Å². The van der Waals surface area contributed by atoms with E-state index >= 15 is 4.39 Å². The number of amides is 2. The van der Waals surface area contributed by atoms with Crippen molar-refractivity contribution < 1.29 is 27.5 Å². The van der Waals surface area contributed by atoms with Crippen molar-refractivity contribution in [3.05, 3.63) is 71.2 Å². The Labute approximate surface area is 239 Å². The summed E-state index contributed by atoms with van der Waals surface area (Å²) in [4.78, 5) is 32.3. The Hall–Kier alpha value is -4.65. The number of hydrogen-bond acceptors (Lipinski definition) is 7. The second kappa shape index (κ2) is 12.1. The third kappa shape index (κ3) is 6.00. The van der Waals surface area contributed by atoms with Crippen molar-refractivity contribution in [3.8, 4) is 11.3 Å². The van der Waals surface area contributed by atoms with Crippen LogP contribution < -0.4 is 15.5 Å². The van der Waals surface area contributed by atoms with Gasteiger partial charge in [-0.2, -0.15) is 5.10 Å². The molecule has 0 bridgehead atoms. The first kappa shape index (κ1) is 28.9. The first-order chi connectivity index (χ1) is 20.1. The van der Waals surface area contributed by atoms with Crippen LogP contribution in [0.1, 0.15) is 29.8 Å². The van der Waals surface area contributed by atoms with E-state index in [4.69, 9.17) is 4.74 Å². The SMILES string of the molecule is COC(=O)N1CCN(c2ccc(C(=O)Nc3n[nH]c4cnc(-c5c(F)cc(CNC(C)C)cc5F)cc34)c(F)c2)CC1. The number of anilines is 2. The molecule has 13 heteroatoms. The van der Waals surface area contributed by atoms with E-state index in [1.165, 1.54) is 43.6 Å². The predicted molar refractivity (Wildman–Crippen MR) is 152 cm³/mol. The standard InChI is InChI=1S/C29H30F3N7O3/c1-16(2)33-14-17-10-22(31)26(23(32)11-17)24-13-20-25(15-34-24)36-37-27(20)35-28(40)19-5-4-18(12-21(19)30)38-6-8-39(9-7-38)29(41)42-3/h4-5,10-13,15-16,33H,6-9,14H2,1-3H3,(H2,35,36,37,40). The molecule has 2 aromatic heterocycles. The van der Waals surface area contributed by atoms with Crippen molar-refractivity contribution in [1.29, 1.82) is 0 Å². The zero-order chi connectivity index (χ0) is 30.0. The average Bonchev–Trinajstić information content (AvgIpc) is 3.37. The lowest BCUT2D eigenvalue weighted by Gasteiger charge is -2.35. The molecule has 0 atom stereocenters. The lowest BCUT2D eigenvalue weighted by Crippen LogP contribution is -2.48. The normalized spacial score (nSPS) is 13.6. The van der Waals surface area contributed by atoms with E-state index in [1.54, 1.807) is 11.0 Å². The number of aromatic nitrogens is 3. The number of benzene rings is 2. The van der Waals surface area contributed by atoms with Crippen LogP contribution in [0.15, 0.2) is 42.6 Å². The molecule has 4 aromatic rings. The number of methoxy groups -OCH3 is 1. The Bertz CT molecular complexity index is 1610. The number of halogens is 3. The molecular formula is C29H30F3N7O3. The number of pyridine rings is 1. The Balaban J connectivity index is 1.33. The van der Waals surface area contributed by atoms with Gasteiger partial charge < -0.3 is 25.2 Å². The van der Waals surface area contributed by atoms with Crippen LogP contribution in [0.2, 0.25) is 0 Å². The number of aromatic amines is 1. The lowest BCUT2D eigenvalue weighted by molar-refractivity contribution is 0.102. The van der Waals surface area contributed by atoms with Gasteiger partial charge in [-0.05, 0) is 42.0 Å².